The number of ether oxygens (including phenoxy) is 1. The number of carbonyl (C=O) groups is 2. The van der Waals surface area contributed by atoms with Gasteiger partial charge in [-0.25, -0.2) is 0 Å². The molecule has 14 nitrogen and oxygen atoms in total. The van der Waals surface area contributed by atoms with E-state index in [1.165, 1.54) is 36.4 Å². The third-order valence-corrected chi connectivity index (χ3v) is 8.19. The van der Waals surface area contributed by atoms with Crippen LogP contribution in [0.2, 0.25) is 0 Å². The van der Waals surface area contributed by atoms with E-state index in [0.717, 1.165) is 25.1 Å². The fourth-order valence-corrected chi connectivity index (χ4v) is 5.68. The molecule has 45 heavy (non-hydrogen) atoms. The first-order valence-corrected chi connectivity index (χ1v) is 15.6. The molecule has 0 aliphatic rings. The third kappa shape index (κ3) is 6.58. The second-order valence-electron chi connectivity index (χ2n) is 9.62. The first kappa shape index (κ1) is 31.0. The average molecular weight is 651 g/mol. The highest BCUT2D eigenvalue weighted by atomic mass is 32.2. The maximum atomic E-state index is 12.2. The number of hydrogen-bond acceptors (Lipinski definition) is 10. The van der Waals surface area contributed by atoms with Crippen molar-refractivity contribution in [2.45, 2.75) is 16.7 Å². The lowest BCUT2D eigenvalue weighted by Crippen LogP contribution is -2.11. The summed E-state index contributed by atoms with van der Waals surface area (Å²) in [6, 6.07) is 18.0. The Morgan fingerprint density at radius 2 is 1.49 bits per heavy atom. The Morgan fingerprint density at radius 3 is 2.09 bits per heavy atom. The first-order chi connectivity index (χ1) is 21.1. The standard InChI is InChI=1S/C29H22N4O10S2/c1-15(34)31-24-12-19(44(37,38)39)10-16-11-27(45(40,41)42)25(13-22(16)24)33-32-17-6-8-18(9-7-17)43-26-14-23(29(30)36)28(35)21-5-3-2-4-20(21)26/h2-14,35H,1H3,(H2,30,36)(H,31,34)(H,37,38,39)(H,40,41,42)/b33-32+. The summed E-state index contributed by atoms with van der Waals surface area (Å²) >= 11 is 0. The lowest BCUT2D eigenvalue weighted by molar-refractivity contribution is -0.114. The van der Waals surface area contributed by atoms with Gasteiger partial charge in [-0.3, -0.25) is 18.7 Å². The van der Waals surface area contributed by atoms with Crippen molar-refractivity contribution in [3.8, 4) is 17.2 Å². The maximum absolute atomic E-state index is 12.2. The van der Waals surface area contributed by atoms with Crippen LogP contribution >= 0.6 is 0 Å². The quantitative estimate of drug-likeness (QED) is 0.105. The van der Waals surface area contributed by atoms with Gasteiger partial charge in [0.05, 0.1) is 21.8 Å². The molecule has 0 bridgehead atoms. The van der Waals surface area contributed by atoms with Gasteiger partial charge in [0.2, 0.25) is 5.91 Å². The van der Waals surface area contributed by atoms with Crippen LogP contribution in [0.15, 0.2) is 98.9 Å². The SMILES string of the molecule is CC(=O)Nc1cc(S(=O)(=O)O)cc2cc(S(=O)(=O)O)c(/N=N/c3ccc(Oc4cc(C(N)=O)c(O)c5ccccc45)cc3)cc12. The molecule has 0 saturated carbocycles. The third-order valence-electron chi connectivity index (χ3n) is 6.47. The molecule has 0 aromatic heterocycles. The minimum atomic E-state index is -4.91. The molecule has 5 aromatic carbocycles. The lowest BCUT2D eigenvalue weighted by Gasteiger charge is -2.13. The molecule has 6 N–H and O–H groups in total. The van der Waals surface area contributed by atoms with Gasteiger partial charge >= 0.3 is 0 Å². The highest BCUT2D eigenvalue weighted by molar-refractivity contribution is 7.86. The van der Waals surface area contributed by atoms with Crippen LogP contribution in [0.25, 0.3) is 21.5 Å². The zero-order valence-corrected chi connectivity index (χ0v) is 24.6. The Labute approximate surface area is 255 Å². The number of nitrogens with zero attached hydrogens (tertiary/aromatic N) is 2. The number of benzene rings is 5. The van der Waals surface area contributed by atoms with Gasteiger partial charge in [-0.15, -0.1) is 5.11 Å². The normalized spacial score (nSPS) is 12.1. The molecule has 230 valence electrons. The molecule has 2 amide bonds. The topological polar surface area (TPSA) is 235 Å². The molecule has 0 unspecified atom stereocenters. The monoisotopic (exact) mass is 650 g/mol. The van der Waals surface area contributed by atoms with E-state index in [4.69, 9.17) is 10.5 Å². The Balaban J connectivity index is 1.52. The maximum Gasteiger partial charge on any atom is 0.296 e. The molecule has 5 rings (SSSR count). The van der Waals surface area contributed by atoms with E-state index < -0.39 is 41.8 Å². The number of fused-ring (bicyclic) bond motifs is 2. The van der Waals surface area contributed by atoms with Gasteiger partial charge in [0, 0.05) is 23.1 Å². The second kappa shape index (κ2) is 11.6. The van der Waals surface area contributed by atoms with Crippen molar-refractivity contribution in [3.63, 3.8) is 0 Å². The van der Waals surface area contributed by atoms with Crippen molar-refractivity contribution in [2.75, 3.05) is 5.32 Å². The fraction of sp³-hybridized carbons (Fsp3) is 0.0345. The number of amides is 2. The molecule has 0 radical (unpaired) electrons. The van der Waals surface area contributed by atoms with E-state index in [0.29, 0.717) is 16.5 Å². The number of nitrogens with one attached hydrogen (secondary N) is 1. The molecule has 0 atom stereocenters. The number of phenols is 1. The number of aromatic hydroxyl groups is 1. The minimum Gasteiger partial charge on any atom is -0.506 e. The summed E-state index contributed by atoms with van der Waals surface area (Å²) in [4.78, 5) is 22.3. The lowest BCUT2D eigenvalue weighted by atomic mass is 10.0. The average Bonchev–Trinajstić information content (AvgIpc) is 2.96. The van der Waals surface area contributed by atoms with E-state index >= 15 is 0 Å². The Bertz CT molecular complexity index is 2290. The minimum absolute atomic E-state index is 0.0526. The van der Waals surface area contributed by atoms with Gasteiger partial charge in [-0.2, -0.15) is 21.9 Å². The van der Waals surface area contributed by atoms with Crippen molar-refractivity contribution in [1.29, 1.82) is 0 Å². The van der Waals surface area contributed by atoms with Crippen LogP contribution in [-0.2, 0) is 25.0 Å². The molecular weight excluding hydrogens is 628 g/mol. The number of carbonyl (C=O) groups excluding carboxylic acids is 2. The van der Waals surface area contributed by atoms with Crippen LogP contribution in [0.4, 0.5) is 17.1 Å². The molecule has 0 saturated heterocycles. The summed E-state index contributed by atoms with van der Waals surface area (Å²) in [5.41, 5.74) is 5.08. The molecule has 0 aliphatic carbocycles. The highest BCUT2D eigenvalue weighted by Gasteiger charge is 2.21. The van der Waals surface area contributed by atoms with Crippen LogP contribution in [0.5, 0.6) is 17.2 Å². The Hall–Kier alpha value is -5.42. The van der Waals surface area contributed by atoms with E-state index in [1.807, 2.05) is 0 Å². The molecule has 0 fully saturated rings. The summed E-state index contributed by atoms with van der Waals surface area (Å²) in [5, 5.41) is 21.8. The van der Waals surface area contributed by atoms with Crippen molar-refractivity contribution in [2.24, 2.45) is 16.0 Å². The van der Waals surface area contributed by atoms with Crippen LogP contribution in [0.1, 0.15) is 17.3 Å². The smallest absolute Gasteiger partial charge is 0.296 e. The Morgan fingerprint density at radius 1 is 0.822 bits per heavy atom. The molecule has 16 heteroatoms. The van der Waals surface area contributed by atoms with Crippen molar-refractivity contribution in [3.05, 3.63) is 84.4 Å². The predicted octanol–water partition coefficient (Wildman–Crippen LogP) is 5.46. The predicted molar refractivity (Wildman–Crippen MR) is 163 cm³/mol. The van der Waals surface area contributed by atoms with Gasteiger partial charge in [-0.05, 0) is 60.0 Å². The summed E-state index contributed by atoms with van der Waals surface area (Å²) in [6.07, 6.45) is 0. The van der Waals surface area contributed by atoms with Crippen LogP contribution in [-0.4, -0.2) is 42.9 Å². The number of rotatable bonds is 8. The number of anilines is 1. The summed E-state index contributed by atoms with van der Waals surface area (Å²) < 4.78 is 73.3. The molecule has 0 aliphatic heterocycles. The molecule has 0 heterocycles. The van der Waals surface area contributed by atoms with Crippen LogP contribution in [0, 0.1) is 0 Å². The van der Waals surface area contributed by atoms with Crippen molar-refractivity contribution >= 4 is 70.7 Å². The van der Waals surface area contributed by atoms with Gasteiger partial charge in [0.15, 0.2) is 0 Å². The van der Waals surface area contributed by atoms with Crippen LogP contribution in [0.3, 0.4) is 0 Å². The summed E-state index contributed by atoms with van der Waals surface area (Å²) in [6.45, 7) is 1.16. The first-order valence-electron chi connectivity index (χ1n) is 12.7. The van der Waals surface area contributed by atoms with E-state index in [-0.39, 0.29) is 44.9 Å². The summed E-state index contributed by atoms with van der Waals surface area (Å²) in [5.74, 6) is -1.16. The second-order valence-corrected chi connectivity index (χ2v) is 12.4. The van der Waals surface area contributed by atoms with Crippen molar-refractivity contribution in [1.82, 2.24) is 0 Å². The zero-order valence-electron chi connectivity index (χ0n) is 23.0. The molecular formula is C29H22N4O10S2. The van der Waals surface area contributed by atoms with E-state index in [1.54, 1.807) is 24.3 Å². The zero-order chi connectivity index (χ0) is 32.7. The Kier molecular flexibility index (Phi) is 7.99. The van der Waals surface area contributed by atoms with Crippen molar-refractivity contribution < 1.29 is 45.4 Å². The van der Waals surface area contributed by atoms with Gasteiger partial charge in [0.1, 0.15) is 27.8 Å². The number of primary amides is 1. The summed E-state index contributed by atoms with van der Waals surface area (Å²) in [7, 11) is -9.66. The largest absolute Gasteiger partial charge is 0.506 e. The highest BCUT2D eigenvalue weighted by Crippen LogP contribution is 2.39. The number of nitrogens with two attached hydrogens (primary N) is 1. The van der Waals surface area contributed by atoms with Crippen LogP contribution < -0.4 is 15.8 Å². The molecule has 5 aromatic rings. The van der Waals surface area contributed by atoms with Gasteiger partial charge in [0.25, 0.3) is 26.1 Å². The van der Waals surface area contributed by atoms with E-state index in [2.05, 4.69) is 15.5 Å². The number of hydrogen-bond donors (Lipinski definition) is 5. The number of azo groups is 1. The fourth-order valence-electron chi connectivity index (χ4n) is 4.50. The van der Waals surface area contributed by atoms with E-state index in [9.17, 15) is 40.6 Å². The van der Waals surface area contributed by atoms with Gasteiger partial charge < -0.3 is 20.9 Å². The molecule has 0 spiro atoms. The van der Waals surface area contributed by atoms with Gasteiger partial charge in [-0.1, -0.05) is 24.3 Å².